The van der Waals surface area contributed by atoms with E-state index in [-0.39, 0.29) is 0 Å². The summed E-state index contributed by atoms with van der Waals surface area (Å²) in [5.74, 6) is 0.876. The fraction of sp³-hybridized carbons (Fsp3) is 0.0556. The molecule has 1 N–H and O–H groups in total. The summed E-state index contributed by atoms with van der Waals surface area (Å²) in [5.41, 5.74) is 4.87. The van der Waals surface area contributed by atoms with Gasteiger partial charge in [0, 0.05) is 35.4 Å². The van der Waals surface area contributed by atoms with Crippen LogP contribution in [0.5, 0.6) is 0 Å². The molecule has 4 aromatic rings. The number of aromatic nitrogens is 4. The van der Waals surface area contributed by atoms with Crippen molar-refractivity contribution in [3.05, 3.63) is 72.8 Å². The summed E-state index contributed by atoms with van der Waals surface area (Å²) in [6.07, 6.45) is 5.37. The third kappa shape index (κ3) is 2.53. The van der Waals surface area contributed by atoms with Crippen LogP contribution < -0.4 is 5.32 Å². The van der Waals surface area contributed by atoms with Crippen LogP contribution in [-0.2, 0) is 0 Å². The van der Waals surface area contributed by atoms with Crippen LogP contribution in [-0.4, -0.2) is 19.6 Å². The number of hydrogen-bond acceptors (Lipinski definition) is 4. The normalized spacial score (nSPS) is 10.8. The van der Waals surface area contributed by atoms with E-state index in [4.69, 9.17) is 0 Å². The van der Waals surface area contributed by atoms with Crippen molar-refractivity contribution < 1.29 is 0 Å². The van der Waals surface area contributed by atoms with Crippen LogP contribution in [0.2, 0.25) is 0 Å². The summed E-state index contributed by atoms with van der Waals surface area (Å²) < 4.78 is 1.83. The van der Waals surface area contributed by atoms with Crippen LogP contribution in [0.1, 0.15) is 5.69 Å². The molecule has 4 rings (SSSR count). The predicted octanol–water partition coefficient (Wildman–Crippen LogP) is 3.84. The van der Waals surface area contributed by atoms with Gasteiger partial charge in [0.15, 0.2) is 5.65 Å². The minimum absolute atomic E-state index is 0.841. The quantitative estimate of drug-likeness (QED) is 0.624. The molecule has 0 saturated heterocycles. The third-order valence-electron chi connectivity index (χ3n) is 3.64. The summed E-state index contributed by atoms with van der Waals surface area (Å²) in [6, 6.07) is 16.0. The van der Waals surface area contributed by atoms with E-state index in [1.165, 1.54) is 0 Å². The first-order valence-corrected chi connectivity index (χ1v) is 7.39. The highest BCUT2D eigenvalue weighted by Crippen LogP contribution is 2.26. The first-order valence-electron chi connectivity index (χ1n) is 7.39. The number of nitrogens with one attached hydrogen (secondary N) is 1. The molecule has 0 unspecified atom stereocenters. The Morgan fingerprint density at radius 1 is 1.00 bits per heavy atom. The molecule has 0 aliphatic heterocycles. The Morgan fingerprint density at radius 2 is 1.78 bits per heavy atom. The fourth-order valence-electron chi connectivity index (χ4n) is 2.58. The zero-order valence-corrected chi connectivity index (χ0v) is 12.6. The number of rotatable bonds is 3. The Morgan fingerprint density at radius 3 is 2.57 bits per heavy atom. The Balaban J connectivity index is 1.85. The molecule has 23 heavy (non-hydrogen) atoms. The first-order chi connectivity index (χ1) is 11.3. The Bertz CT molecular complexity index is 945. The van der Waals surface area contributed by atoms with Crippen molar-refractivity contribution in [3.63, 3.8) is 0 Å². The molecule has 0 radical (unpaired) electrons. The Labute approximate surface area is 133 Å². The van der Waals surface area contributed by atoms with Gasteiger partial charge in [0.25, 0.3) is 0 Å². The summed E-state index contributed by atoms with van der Waals surface area (Å²) >= 11 is 0. The van der Waals surface area contributed by atoms with Crippen molar-refractivity contribution in [2.45, 2.75) is 6.92 Å². The monoisotopic (exact) mass is 301 g/mol. The van der Waals surface area contributed by atoms with Gasteiger partial charge in [-0.1, -0.05) is 30.3 Å². The van der Waals surface area contributed by atoms with Crippen molar-refractivity contribution in [2.75, 3.05) is 5.32 Å². The van der Waals surface area contributed by atoms with Gasteiger partial charge >= 0.3 is 0 Å². The largest absolute Gasteiger partial charge is 0.340 e. The number of pyridine rings is 1. The van der Waals surface area contributed by atoms with Crippen LogP contribution >= 0.6 is 0 Å². The summed E-state index contributed by atoms with van der Waals surface area (Å²) in [6.45, 7) is 1.99. The maximum atomic E-state index is 4.66. The molecule has 1 aromatic carbocycles. The van der Waals surface area contributed by atoms with Crippen molar-refractivity contribution in [3.8, 4) is 11.1 Å². The Hall–Kier alpha value is -3.21. The van der Waals surface area contributed by atoms with Crippen molar-refractivity contribution in [2.24, 2.45) is 0 Å². The number of anilines is 2. The lowest BCUT2D eigenvalue weighted by atomic mass is 10.1. The SMILES string of the molecule is Cc1cc(Nc2ccncc2)n2ncc(-c3ccccc3)c2n1. The zero-order chi connectivity index (χ0) is 15.6. The lowest BCUT2D eigenvalue weighted by Crippen LogP contribution is -2.02. The minimum atomic E-state index is 0.841. The van der Waals surface area contributed by atoms with Crippen LogP contribution in [0.3, 0.4) is 0 Å². The number of aryl methyl sites for hydroxylation is 1. The van der Waals surface area contributed by atoms with Crippen molar-refractivity contribution >= 4 is 17.2 Å². The molecule has 0 saturated carbocycles. The molecule has 3 heterocycles. The highest BCUT2D eigenvalue weighted by atomic mass is 15.3. The van der Waals surface area contributed by atoms with Gasteiger partial charge in [-0.15, -0.1) is 0 Å². The first kappa shape index (κ1) is 13.5. The van der Waals surface area contributed by atoms with Gasteiger partial charge in [-0.25, -0.2) is 4.98 Å². The lowest BCUT2D eigenvalue weighted by Gasteiger charge is -2.09. The molecule has 0 aliphatic rings. The summed E-state index contributed by atoms with van der Waals surface area (Å²) in [7, 11) is 0. The third-order valence-corrected chi connectivity index (χ3v) is 3.64. The van der Waals surface area contributed by atoms with Gasteiger partial charge in [-0.3, -0.25) is 4.98 Å². The molecular formula is C18H15N5. The van der Waals surface area contributed by atoms with Gasteiger partial charge < -0.3 is 5.32 Å². The molecule has 0 bridgehead atoms. The molecule has 0 fully saturated rings. The predicted molar refractivity (Wildman–Crippen MR) is 90.7 cm³/mol. The van der Waals surface area contributed by atoms with E-state index in [1.807, 2.05) is 54.0 Å². The molecule has 0 amide bonds. The van der Waals surface area contributed by atoms with E-state index in [2.05, 4.69) is 32.5 Å². The molecule has 5 heteroatoms. The van der Waals surface area contributed by atoms with E-state index >= 15 is 0 Å². The molecule has 5 nitrogen and oxygen atoms in total. The van der Waals surface area contributed by atoms with Gasteiger partial charge in [-0.2, -0.15) is 9.61 Å². The number of fused-ring (bicyclic) bond motifs is 1. The smallest absolute Gasteiger partial charge is 0.165 e. The topological polar surface area (TPSA) is 55.1 Å². The number of nitrogens with zero attached hydrogens (tertiary/aromatic N) is 4. The van der Waals surface area contributed by atoms with Crippen LogP contribution in [0.15, 0.2) is 67.1 Å². The minimum Gasteiger partial charge on any atom is -0.340 e. The van der Waals surface area contributed by atoms with Gasteiger partial charge in [0.05, 0.1) is 6.20 Å². The summed E-state index contributed by atoms with van der Waals surface area (Å²) in [5, 5.41) is 7.88. The highest BCUT2D eigenvalue weighted by Gasteiger charge is 2.11. The van der Waals surface area contributed by atoms with Gasteiger partial charge in [-0.05, 0) is 24.6 Å². The second kappa shape index (κ2) is 5.53. The van der Waals surface area contributed by atoms with Gasteiger partial charge in [0.1, 0.15) is 5.82 Å². The standard InChI is InChI=1S/C18H15N5/c1-13-11-17(22-15-7-9-19-10-8-15)23-18(21-13)16(12-20-23)14-5-3-2-4-6-14/h2-12H,1H3,(H,19,22). The van der Waals surface area contributed by atoms with E-state index in [1.54, 1.807) is 12.4 Å². The van der Waals surface area contributed by atoms with E-state index < -0.39 is 0 Å². The molecular weight excluding hydrogens is 286 g/mol. The maximum absolute atomic E-state index is 4.66. The second-order valence-corrected chi connectivity index (χ2v) is 5.30. The Kier molecular flexibility index (Phi) is 3.24. The molecule has 0 atom stereocenters. The lowest BCUT2D eigenvalue weighted by molar-refractivity contribution is 0.937. The zero-order valence-electron chi connectivity index (χ0n) is 12.6. The average molecular weight is 301 g/mol. The van der Waals surface area contributed by atoms with Crippen LogP contribution in [0.25, 0.3) is 16.8 Å². The molecule has 112 valence electrons. The van der Waals surface area contributed by atoms with E-state index in [9.17, 15) is 0 Å². The van der Waals surface area contributed by atoms with Crippen molar-refractivity contribution in [1.82, 2.24) is 19.6 Å². The highest BCUT2D eigenvalue weighted by molar-refractivity contribution is 5.78. The average Bonchev–Trinajstić information content (AvgIpc) is 3.00. The van der Waals surface area contributed by atoms with Gasteiger partial charge in [0.2, 0.25) is 0 Å². The number of hydrogen-bond donors (Lipinski definition) is 1. The number of benzene rings is 1. The maximum Gasteiger partial charge on any atom is 0.165 e. The van der Waals surface area contributed by atoms with Crippen LogP contribution in [0, 0.1) is 6.92 Å². The molecule has 3 aromatic heterocycles. The second-order valence-electron chi connectivity index (χ2n) is 5.30. The molecule has 0 spiro atoms. The van der Waals surface area contributed by atoms with E-state index in [0.717, 1.165) is 34.0 Å². The van der Waals surface area contributed by atoms with Crippen molar-refractivity contribution in [1.29, 1.82) is 0 Å². The van der Waals surface area contributed by atoms with Crippen LogP contribution in [0.4, 0.5) is 11.5 Å². The summed E-state index contributed by atoms with van der Waals surface area (Å²) in [4.78, 5) is 8.70. The molecule has 0 aliphatic carbocycles. The van der Waals surface area contributed by atoms with E-state index in [0.29, 0.717) is 0 Å². The fourth-order valence-corrected chi connectivity index (χ4v) is 2.58.